The van der Waals surface area contributed by atoms with Crippen molar-refractivity contribution in [2.24, 2.45) is 0 Å². The Kier molecular flexibility index (Phi) is 7.97. The van der Waals surface area contributed by atoms with Crippen molar-refractivity contribution in [3.05, 3.63) is 102 Å². The van der Waals surface area contributed by atoms with E-state index >= 15 is 0 Å². The molecule has 0 saturated heterocycles. The third-order valence-corrected chi connectivity index (χ3v) is 6.48. The molecular formula is C25H27N3O4S. The normalized spacial score (nSPS) is 12.2. The molecule has 0 unspecified atom stereocenters. The molecule has 0 aliphatic rings. The summed E-state index contributed by atoms with van der Waals surface area (Å²) in [5.74, 6) is -0.881. The Morgan fingerprint density at radius 3 is 2.09 bits per heavy atom. The van der Waals surface area contributed by atoms with E-state index in [9.17, 15) is 18.0 Å². The van der Waals surface area contributed by atoms with Crippen molar-refractivity contribution in [1.82, 2.24) is 9.62 Å². The van der Waals surface area contributed by atoms with Gasteiger partial charge in [0.05, 0.1) is 17.5 Å². The van der Waals surface area contributed by atoms with E-state index in [1.54, 1.807) is 54.6 Å². The molecule has 0 aliphatic heterocycles. The lowest BCUT2D eigenvalue weighted by atomic mass is 10.1. The zero-order valence-corrected chi connectivity index (χ0v) is 19.4. The van der Waals surface area contributed by atoms with Gasteiger partial charge in [-0.15, -0.1) is 0 Å². The first-order valence-electron chi connectivity index (χ1n) is 10.5. The Bertz CT molecular complexity index is 1200. The Balaban J connectivity index is 1.77. The Hall–Kier alpha value is -3.49. The number of hydrogen-bond donors (Lipinski definition) is 2. The van der Waals surface area contributed by atoms with Gasteiger partial charge in [-0.1, -0.05) is 72.8 Å². The smallest absolute Gasteiger partial charge is 0.253 e. The van der Waals surface area contributed by atoms with E-state index in [0.29, 0.717) is 29.8 Å². The molecule has 0 radical (unpaired) electrons. The topological polar surface area (TPSA) is 95.6 Å². The maximum atomic E-state index is 13.2. The summed E-state index contributed by atoms with van der Waals surface area (Å²) in [5.41, 5.74) is 2.23. The Labute approximate surface area is 194 Å². The molecule has 8 heteroatoms. The predicted molar refractivity (Wildman–Crippen MR) is 129 cm³/mol. The number of benzene rings is 3. The van der Waals surface area contributed by atoms with Crippen LogP contribution in [0, 0.1) is 0 Å². The zero-order chi connectivity index (χ0) is 23.8. The molecule has 0 heterocycles. The van der Waals surface area contributed by atoms with Gasteiger partial charge < -0.3 is 10.6 Å². The van der Waals surface area contributed by atoms with E-state index < -0.39 is 22.0 Å². The minimum Gasteiger partial charge on any atom is -0.352 e. The van der Waals surface area contributed by atoms with Crippen LogP contribution < -0.4 is 10.6 Å². The molecule has 0 spiro atoms. The number of hydrogen-bond acceptors (Lipinski definition) is 4. The first-order valence-corrected chi connectivity index (χ1v) is 12.3. The molecule has 3 aromatic rings. The van der Waals surface area contributed by atoms with Gasteiger partial charge in [0.2, 0.25) is 15.9 Å². The molecule has 0 aliphatic carbocycles. The van der Waals surface area contributed by atoms with Crippen LogP contribution in [0.1, 0.15) is 27.5 Å². The van der Waals surface area contributed by atoms with Crippen molar-refractivity contribution in [3.63, 3.8) is 0 Å². The van der Waals surface area contributed by atoms with E-state index in [2.05, 4.69) is 10.6 Å². The second kappa shape index (κ2) is 10.9. The van der Waals surface area contributed by atoms with Gasteiger partial charge in [-0.2, -0.15) is 4.31 Å². The number of amides is 2. The molecule has 0 bridgehead atoms. The quantitative estimate of drug-likeness (QED) is 0.507. The number of rotatable bonds is 9. The van der Waals surface area contributed by atoms with Crippen LogP contribution in [-0.4, -0.2) is 44.4 Å². The SMILES string of the molecule is CN([C@H](C(=O)Nc1ccccc1C(=O)NCCc1ccccc1)c1ccccc1)S(C)(=O)=O. The zero-order valence-electron chi connectivity index (χ0n) is 18.6. The largest absolute Gasteiger partial charge is 0.352 e. The van der Waals surface area contributed by atoms with Gasteiger partial charge in [-0.3, -0.25) is 9.59 Å². The lowest BCUT2D eigenvalue weighted by molar-refractivity contribution is -0.119. The van der Waals surface area contributed by atoms with E-state index in [1.807, 2.05) is 30.3 Å². The van der Waals surface area contributed by atoms with Crippen molar-refractivity contribution < 1.29 is 18.0 Å². The maximum Gasteiger partial charge on any atom is 0.253 e. The molecule has 172 valence electrons. The van der Waals surface area contributed by atoms with Crippen LogP contribution in [0.5, 0.6) is 0 Å². The van der Waals surface area contributed by atoms with E-state index in [0.717, 1.165) is 16.1 Å². The standard InChI is InChI=1S/C25H27N3O4S/c1-28(33(2,31)32)23(20-13-7-4-8-14-20)25(30)27-22-16-10-9-15-21(22)24(29)26-18-17-19-11-5-3-6-12-19/h3-16,23H,17-18H2,1-2H3,(H,26,29)(H,27,30)/t23-/m0/s1. The molecule has 2 N–H and O–H groups in total. The highest BCUT2D eigenvalue weighted by Crippen LogP contribution is 2.25. The summed E-state index contributed by atoms with van der Waals surface area (Å²) in [7, 11) is -2.30. The first kappa shape index (κ1) is 24.2. The van der Waals surface area contributed by atoms with E-state index in [4.69, 9.17) is 0 Å². The molecule has 0 saturated carbocycles. The van der Waals surface area contributed by atoms with Crippen molar-refractivity contribution in [3.8, 4) is 0 Å². The van der Waals surface area contributed by atoms with Crippen LogP contribution in [0.2, 0.25) is 0 Å². The number of para-hydroxylation sites is 1. The van der Waals surface area contributed by atoms with Crippen molar-refractivity contribution >= 4 is 27.5 Å². The Morgan fingerprint density at radius 1 is 0.879 bits per heavy atom. The lowest BCUT2D eigenvalue weighted by Crippen LogP contribution is -2.38. The van der Waals surface area contributed by atoms with Gasteiger partial charge in [0, 0.05) is 13.6 Å². The van der Waals surface area contributed by atoms with Gasteiger partial charge in [-0.25, -0.2) is 8.42 Å². The van der Waals surface area contributed by atoms with E-state index in [1.165, 1.54) is 7.05 Å². The van der Waals surface area contributed by atoms with Crippen LogP contribution in [0.25, 0.3) is 0 Å². The number of anilines is 1. The van der Waals surface area contributed by atoms with Crippen molar-refractivity contribution in [2.45, 2.75) is 12.5 Å². The molecule has 3 rings (SSSR count). The first-order chi connectivity index (χ1) is 15.8. The minimum absolute atomic E-state index is 0.299. The number of carbonyl (C=O) groups is 2. The highest BCUT2D eigenvalue weighted by atomic mass is 32.2. The van der Waals surface area contributed by atoms with Crippen molar-refractivity contribution in [1.29, 1.82) is 0 Å². The predicted octanol–water partition coefficient (Wildman–Crippen LogP) is 3.23. The summed E-state index contributed by atoms with van der Waals surface area (Å²) in [6, 6.07) is 24.0. The fourth-order valence-corrected chi connectivity index (χ4v) is 4.01. The fourth-order valence-electron chi connectivity index (χ4n) is 3.40. The van der Waals surface area contributed by atoms with Gasteiger partial charge in [0.1, 0.15) is 6.04 Å². The van der Waals surface area contributed by atoms with Crippen LogP contribution in [0.3, 0.4) is 0 Å². The molecule has 3 aromatic carbocycles. The summed E-state index contributed by atoms with van der Waals surface area (Å²) in [6.07, 6.45) is 1.72. The second-order valence-corrected chi connectivity index (χ2v) is 9.66. The van der Waals surface area contributed by atoms with Crippen LogP contribution in [0.4, 0.5) is 5.69 Å². The van der Waals surface area contributed by atoms with Gasteiger partial charge in [0.15, 0.2) is 0 Å². The number of nitrogens with zero attached hydrogens (tertiary/aromatic N) is 1. The van der Waals surface area contributed by atoms with Crippen molar-refractivity contribution in [2.75, 3.05) is 25.2 Å². The molecule has 7 nitrogen and oxygen atoms in total. The third-order valence-electron chi connectivity index (χ3n) is 5.22. The summed E-state index contributed by atoms with van der Waals surface area (Å²) >= 11 is 0. The van der Waals surface area contributed by atoms with Crippen LogP contribution in [-0.2, 0) is 21.2 Å². The number of sulfonamides is 1. The fraction of sp³-hybridized carbons (Fsp3) is 0.200. The average Bonchev–Trinajstić information content (AvgIpc) is 2.80. The molecule has 0 aromatic heterocycles. The van der Waals surface area contributed by atoms with Crippen LogP contribution >= 0.6 is 0 Å². The monoisotopic (exact) mass is 465 g/mol. The van der Waals surface area contributed by atoms with Gasteiger partial charge in [0.25, 0.3) is 5.91 Å². The Morgan fingerprint density at radius 2 is 1.45 bits per heavy atom. The minimum atomic E-state index is -3.66. The van der Waals surface area contributed by atoms with Gasteiger partial charge in [-0.05, 0) is 29.7 Å². The summed E-state index contributed by atoms with van der Waals surface area (Å²) in [4.78, 5) is 26.0. The molecule has 33 heavy (non-hydrogen) atoms. The summed E-state index contributed by atoms with van der Waals surface area (Å²) in [6.45, 7) is 0.439. The highest BCUT2D eigenvalue weighted by Gasteiger charge is 2.31. The summed E-state index contributed by atoms with van der Waals surface area (Å²) < 4.78 is 25.4. The number of carbonyl (C=O) groups excluding carboxylic acids is 2. The molecular weight excluding hydrogens is 438 g/mol. The third kappa shape index (κ3) is 6.50. The number of likely N-dealkylation sites (N-methyl/N-ethyl adjacent to an activating group) is 1. The van der Waals surface area contributed by atoms with Gasteiger partial charge >= 0.3 is 0 Å². The van der Waals surface area contributed by atoms with E-state index in [-0.39, 0.29) is 5.91 Å². The molecule has 2 amide bonds. The number of nitrogens with one attached hydrogen (secondary N) is 2. The molecule has 0 fully saturated rings. The molecule has 1 atom stereocenters. The maximum absolute atomic E-state index is 13.2. The summed E-state index contributed by atoms with van der Waals surface area (Å²) in [5, 5.41) is 5.62. The van der Waals surface area contributed by atoms with Crippen LogP contribution in [0.15, 0.2) is 84.9 Å². The lowest BCUT2D eigenvalue weighted by Gasteiger charge is -2.26. The average molecular weight is 466 g/mol. The second-order valence-electron chi connectivity index (χ2n) is 7.62. The highest BCUT2D eigenvalue weighted by molar-refractivity contribution is 7.88.